The Morgan fingerprint density at radius 3 is 1.50 bits per heavy atom. The number of carbonyl (C=O) groups excluding carboxylic acids is 2. The second kappa shape index (κ2) is 6.70. The zero-order chi connectivity index (χ0) is 12.8. The summed E-state index contributed by atoms with van der Waals surface area (Å²) in [7, 11) is 0. The standard InChI is InChI=1S/C12H22N4O2/c17-11(15-13-7-5-9-1-2-9)12(18)16-14-8-6-10-3-4-10/h9-10,13-14H,1-8H2,(H,15,17)(H,16,18). The molecule has 0 unspecified atom stereocenters. The molecule has 2 fully saturated rings. The first kappa shape index (κ1) is 13.3. The predicted octanol–water partition coefficient (Wildman–Crippen LogP) is -0.172. The van der Waals surface area contributed by atoms with Gasteiger partial charge in [-0.2, -0.15) is 0 Å². The second-order valence-corrected chi connectivity index (χ2v) is 5.23. The van der Waals surface area contributed by atoms with E-state index in [1.54, 1.807) is 0 Å². The number of hydrazine groups is 2. The molecule has 0 aromatic heterocycles. The molecule has 6 heteroatoms. The Kier molecular flexibility index (Phi) is 4.95. The fraction of sp³-hybridized carbons (Fsp3) is 0.833. The van der Waals surface area contributed by atoms with E-state index in [2.05, 4.69) is 21.7 Å². The third-order valence-electron chi connectivity index (χ3n) is 3.36. The Morgan fingerprint density at radius 1 is 0.778 bits per heavy atom. The highest BCUT2D eigenvalue weighted by atomic mass is 16.2. The van der Waals surface area contributed by atoms with Crippen LogP contribution >= 0.6 is 0 Å². The van der Waals surface area contributed by atoms with E-state index >= 15 is 0 Å². The number of amides is 2. The van der Waals surface area contributed by atoms with Crippen molar-refractivity contribution in [3.8, 4) is 0 Å². The Morgan fingerprint density at radius 2 is 1.17 bits per heavy atom. The van der Waals surface area contributed by atoms with Crippen molar-refractivity contribution in [3.63, 3.8) is 0 Å². The van der Waals surface area contributed by atoms with E-state index in [1.165, 1.54) is 25.7 Å². The summed E-state index contributed by atoms with van der Waals surface area (Å²) >= 11 is 0. The molecule has 0 aromatic rings. The van der Waals surface area contributed by atoms with Gasteiger partial charge in [-0.05, 0) is 24.7 Å². The van der Waals surface area contributed by atoms with Gasteiger partial charge in [-0.15, -0.1) is 0 Å². The normalized spacial score (nSPS) is 18.4. The summed E-state index contributed by atoms with van der Waals surface area (Å²) in [5, 5.41) is 0. The molecule has 2 aliphatic rings. The highest BCUT2D eigenvalue weighted by molar-refractivity contribution is 6.34. The maximum atomic E-state index is 11.3. The van der Waals surface area contributed by atoms with Crippen molar-refractivity contribution in [3.05, 3.63) is 0 Å². The van der Waals surface area contributed by atoms with Crippen LogP contribution in [0.1, 0.15) is 38.5 Å². The third kappa shape index (κ3) is 5.46. The summed E-state index contributed by atoms with van der Waals surface area (Å²) in [4.78, 5) is 22.6. The van der Waals surface area contributed by atoms with Crippen molar-refractivity contribution in [2.45, 2.75) is 38.5 Å². The zero-order valence-corrected chi connectivity index (χ0v) is 10.6. The first-order valence-electron chi connectivity index (χ1n) is 6.81. The topological polar surface area (TPSA) is 82.3 Å². The first-order valence-corrected chi connectivity index (χ1v) is 6.81. The van der Waals surface area contributed by atoms with E-state index in [0.717, 1.165) is 37.8 Å². The number of nitrogens with one attached hydrogen (secondary N) is 4. The molecule has 4 N–H and O–H groups in total. The van der Waals surface area contributed by atoms with Gasteiger partial charge in [0.2, 0.25) is 0 Å². The number of carbonyl (C=O) groups is 2. The molecule has 0 aliphatic heterocycles. The van der Waals surface area contributed by atoms with Crippen LogP contribution in [0.3, 0.4) is 0 Å². The van der Waals surface area contributed by atoms with Gasteiger partial charge in [-0.1, -0.05) is 25.7 Å². The summed E-state index contributed by atoms with van der Waals surface area (Å²) in [6.07, 6.45) is 7.28. The van der Waals surface area contributed by atoms with Crippen molar-refractivity contribution in [2.24, 2.45) is 11.8 Å². The molecule has 0 spiro atoms. The molecule has 0 atom stereocenters. The van der Waals surface area contributed by atoms with Crippen LogP contribution in [-0.2, 0) is 9.59 Å². The summed E-state index contributed by atoms with van der Waals surface area (Å²) < 4.78 is 0. The van der Waals surface area contributed by atoms with Crippen molar-refractivity contribution >= 4 is 11.8 Å². The van der Waals surface area contributed by atoms with E-state index in [9.17, 15) is 9.59 Å². The highest BCUT2D eigenvalue weighted by Crippen LogP contribution is 2.32. The number of hydrogen-bond donors (Lipinski definition) is 4. The Balaban J connectivity index is 1.43. The van der Waals surface area contributed by atoms with Gasteiger partial charge in [0.25, 0.3) is 0 Å². The monoisotopic (exact) mass is 254 g/mol. The lowest BCUT2D eigenvalue weighted by Crippen LogP contribution is -2.50. The van der Waals surface area contributed by atoms with E-state index in [0.29, 0.717) is 0 Å². The lowest BCUT2D eigenvalue weighted by molar-refractivity contribution is -0.140. The van der Waals surface area contributed by atoms with Gasteiger partial charge in [0.1, 0.15) is 0 Å². The van der Waals surface area contributed by atoms with Crippen molar-refractivity contribution < 1.29 is 9.59 Å². The van der Waals surface area contributed by atoms with Crippen molar-refractivity contribution in [1.82, 2.24) is 21.7 Å². The van der Waals surface area contributed by atoms with Crippen LogP contribution in [0.15, 0.2) is 0 Å². The van der Waals surface area contributed by atoms with Gasteiger partial charge in [0, 0.05) is 13.1 Å². The minimum Gasteiger partial charge on any atom is -0.283 e. The molecule has 0 radical (unpaired) electrons. The molecule has 0 bridgehead atoms. The minimum absolute atomic E-state index is 0.648. The van der Waals surface area contributed by atoms with Crippen LogP contribution in [0, 0.1) is 11.8 Å². The van der Waals surface area contributed by atoms with Crippen LogP contribution < -0.4 is 21.7 Å². The predicted molar refractivity (Wildman–Crippen MR) is 67.0 cm³/mol. The molecule has 0 aromatic carbocycles. The van der Waals surface area contributed by atoms with E-state index in [-0.39, 0.29) is 0 Å². The van der Waals surface area contributed by atoms with Crippen molar-refractivity contribution in [2.75, 3.05) is 13.1 Å². The molecule has 2 rings (SSSR count). The lowest BCUT2D eigenvalue weighted by Gasteiger charge is -2.08. The average molecular weight is 254 g/mol. The van der Waals surface area contributed by atoms with Gasteiger partial charge in [-0.3, -0.25) is 20.4 Å². The summed E-state index contributed by atoms with van der Waals surface area (Å²) in [5.74, 6) is 0.328. The smallest absolute Gasteiger partial charge is 0.283 e. The average Bonchev–Trinajstić information content (AvgIpc) is 3.24. The summed E-state index contributed by atoms with van der Waals surface area (Å²) in [6, 6.07) is 0. The molecular formula is C12H22N4O2. The van der Waals surface area contributed by atoms with E-state index in [4.69, 9.17) is 0 Å². The second-order valence-electron chi connectivity index (χ2n) is 5.23. The number of rotatable bonds is 8. The van der Waals surface area contributed by atoms with Gasteiger partial charge in [-0.25, -0.2) is 10.9 Å². The maximum absolute atomic E-state index is 11.3. The molecule has 18 heavy (non-hydrogen) atoms. The zero-order valence-electron chi connectivity index (χ0n) is 10.6. The Bertz CT molecular complexity index is 270. The molecule has 2 saturated carbocycles. The number of hydrogen-bond acceptors (Lipinski definition) is 4. The Hall–Kier alpha value is -1.14. The lowest BCUT2D eigenvalue weighted by atomic mass is 10.3. The fourth-order valence-electron chi connectivity index (χ4n) is 1.76. The molecule has 102 valence electrons. The first-order chi connectivity index (χ1) is 8.75. The highest BCUT2D eigenvalue weighted by Gasteiger charge is 2.21. The SMILES string of the molecule is O=C(NNCCC1CC1)C(=O)NNCCC1CC1. The van der Waals surface area contributed by atoms with E-state index in [1.807, 2.05) is 0 Å². The maximum Gasteiger partial charge on any atom is 0.324 e. The van der Waals surface area contributed by atoms with Crippen LogP contribution in [-0.4, -0.2) is 24.9 Å². The molecule has 6 nitrogen and oxygen atoms in total. The van der Waals surface area contributed by atoms with Gasteiger partial charge >= 0.3 is 11.8 Å². The van der Waals surface area contributed by atoms with Gasteiger partial charge in [0.15, 0.2) is 0 Å². The van der Waals surface area contributed by atoms with Gasteiger partial charge < -0.3 is 0 Å². The molecule has 2 aliphatic carbocycles. The summed E-state index contributed by atoms with van der Waals surface area (Å²) in [6.45, 7) is 1.44. The molecule has 0 heterocycles. The third-order valence-corrected chi connectivity index (χ3v) is 3.36. The summed E-state index contributed by atoms with van der Waals surface area (Å²) in [5.41, 5.74) is 10.3. The van der Waals surface area contributed by atoms with Crippen molar-refractivity contribution in [1.29, 1.82) is 0 Å². The van der Waals surface area contributed by atoms with Crippen LogP contribution in [0.25, 0.3) is 0 Å². The van der Waals surface area contributed by atoms with Crippen LogP contribution in [0.5, 0.6) is 0 Å². The van der Waals surface area contributed by atoms with Crippen LogP contribution in [0.2, 0.25) is 0 Å². The minimum atomic E-state index is -0.648. The van der Waals surface area contributed by atoms with Crippen LogP contribution in [0.4, 0.5) is 0 Å². The quantitative estimate of drug-likeness (QED) is 0.275. The van der Waals surface area contributed by atoms with Gasteiger partial charge in [0.05, 0.1) is 0 Å². The Labute approximate surface area is 107 Å². The largest absolute Gasteiger partial charge is 0.324 e. The molecular weight excluding hydrogens is 232 g/mol. The molecule has 0 saturated heterocycles. The van der Waals surface area contributed by atoms with E-state index < -0.39 is 11.8 Å². The molecule has 2 amide bonds. The fourth-order valence-corrected chi connectivity index (χ4v) is 1.76.